The molecule has 0 saturated carbocycles. The lowest BCUT2D eigenvalue weighted by Gasteiger charge is -2.44. The van der Waals surface area contributed by atoms with Gasteiger partial charge in [0.2, 0.25) is 8.24 Å². The number of hydrogen-bond donors (Lipinski definition) is 3. The van der Waals surface area contributed by atoms with Crippen LogP contribution < -0.4 is 20.1 Å². The zero-order valence-electron chi connectivity index (χ0n) is 21.6. The highest BCUT2D eigenvalue weighted by atomic mass is 32.2. The van der Waals surface area contributed by atoms with E-state index in [2.05, 4.69) is 30.5 Å². The largest absolute Gasteiger partial charge is 0.444 e. The Morgan fingerprint density at radius 3 is 1.71 bits per heavy atom. The van der Waals surface area contributed by atoms with E-state index in [1.54, 1.807) is 40.7 Å². The SMILES string of the molecule is CC(C)(/C=C/S(=N)(=O)N[Si](c1ccccc1)(c1ccccc1)C(C)(C)C)NC(=O)OC(C)(C)C. The highest BCUT2D eigenvalue weighted by molar-refractivity contribution is 7.95. The minimum atomic E-state index is -3.38. The summed E-state index contributed by atoms with van der Waals surface area (Å²) in [7, 11) is -6.30. The molecule has 0 fully saturated rings. The first-order valence-corrected chi connectivity index (χ1v) is 15.0. The highest BCUT2D eigenvalue weighted by Crippen LogP contribution is 2.34. The Morgan fingerprint density at radius 1 is 0.882 bits per heavy atom. The maximum Gasteiger partial charge on any atom is 0.408 e. The standard InChI is InChI=1S/C26H39N3O3SSi/c1-24(2,3)32-23(30)28-26(7,8)19-20-33(27,31)29-34(25(4,5)6,21-15-11-9-12-16-21)22-17-13-10-14-18-22/h9-20H,1-8H3,(H,28,30)(H2,27,29,31)/b20-19+. The topological polar surface area (TPSA) is 91.3 Å². The molecule has 0 bridgehead atoms. The summed E-state index contributed by atoms with van der Waals surface area (Å²) in [6, 6.07) is 20.0. The molecule has 8 heteroatoms. The van der Waals surface area contributed by atoms with Crippen molar-refractivity contribution in [1.29, 1.82) is 4.78 Å². The van der Waals surface area contributed by atoms with E-state index in [1.807, 2.05) is 60.7 Å². The molecular weight excluding hydrogens is 462 g/mol. The lowest BCUT2D eigenvalue weighted by Crippen LogP contribution is -2.74. The van der Waals surface area contributed by atoms with Crippen molar-refractivity contribution < 1.29 is 13.7 Å². The number of alkyl carbamates (subject to hydrolysis) is 1. The van der Waals surface area contributed by atoms with Gasteiger partial charge in [0.25, 0.3) is 0 Å². The molecule has 0 aliphatic rings. The van der Waals surface area contributed by atoms with E-state index < -0.39 is 35.4 Å². The van der Waals surface area contributed by atoms with Crippen molar-refractivity contribution in [3.8, 4) is 0 Å². The van der Waals surface area contributed by atoms with Crippen molar-refractivity contribution >= 4 is 34.6 Å². The second-order valence-corrected chi connectivity index (χ2v) is 17.5. The second kappa shape index (κ2) is 10.1. The third-order valence-corrected chi connectivity index (χ3v) is 12.9. The van der Waals surface area contributed by atoms with Crippen LogP contribution in [0.2, 0.25) is 5.04 Å². The van der Waals surface area contributed by atoms with Crippen molar-refractivity contribution in [2.24, 2.45) is 0 Å². The van der Waals surface area contributed by atoms with E-state index in [1.165, 1.54) is 5.41 Å². The van der Waals surface area contributed by atoms with Crippen LogP contribution in [-0.4, -0.2) is 29.7 Å². The number of carbonyl (C=O) groups excluding carboxylic acids is 1. The van der Waals surface area contributed by atoms with Crippen molar-refractivity contribution in [2.45, 2.75) is 71.6 Å². The molecule has 0 radical (unpaired) electrons. The molecule has 2 aromatic carbocycles. The molecule has 0 heterocycles. The minimum Gasteiger partial charge on any atom is -0.444 e. The van der Waals surface area contributed by atoms with Gasteiger partial charge in [0.1, 0.15) is 15.5 Å². The van der Waals surface area contributed by atoms with Gasteiger partial charge in [-0.1, -0.05) is 81.4 Å². The molecule has 0 aliphatic carbocycles. The van der Waals surface area contributed by atoms with Gasteiger partial charge < -0.3 is 10.1 Å². The smallest absolute Gasteiger partial charge is 0.408 e. The Hall–Kier alpha value is -2.42. The van der Waals surface area contributed by atoms with Gasteiger partial charge >= 0.3 is 6.09 Å². The first-order chi connectivity index (χ1) is 15.5. The lowest BCUT2D eigenvalue weighted by molar-refractivity contribution is 0.0491. The minimum absolute atomic E-state index is 0.308. The summed E-state index contributed by atoms with van der Waals surface area (Å²) in [6.07, 6.45) is 1.02. The normalized spacial score (nSPS) is 15.1. The molecule has 2 aromatic rings. The molecule has 2 rings (SSSR count). The molecular formula is C26H39N3O3SSi. The van der Waals surface area contributed by atoms with E-state index >= 15 is 0 Å². The fourth-order valence-electron chi connectivity index (χ4n) is 3.82. The van der Waals surface area contributed by atoms with Gasteiger partial charge in [-0.05, 0) is 56.1 Å². The van der Waals surface area contributed by atoms with Crippen LogP contribution in [0.5, 0.6) is 0 Å². The summed E-state index contributed by atoms with van der Waals surface area (Å²) < 4.78 is 31.2. The van der Waals surface area contributed by atoms with Crippen LogP contribution in [0.25, 0.3) is 0 Å². The molecule has 0 saturated heterocycles. The Labute approximate surface area is 206 Å². The summed E-state index contributed by atoms with van der Waals surface area (Å²) in [5.41, 5.74) is -1.49. The van der Waals surface area contributed by atoms with E-state index in [0.717, 1.165) is 10.4 Å². The van der Waals surface area contributed by atoms with Crippen molar-refractivity contribution in [1.82, 2.24) is 9.70 Å². The molecule has 3 N–H and O–H groups in total. The number of nitrogens with one attached hydrogen (secondary N) is 3. The fourth-order valence-corrected chi connectivity index (χ4v) is 12.1. The number of hydrogen-bond acceptors (Lipinski definition) is 4. The van der Waals surface area contributed by atoms with Crippen LogP contribution in [0.15, 0.2) is 72.1 Å². The van der Waals surface area contributed by atoms with Crippen LogP contribution >= 0.6 is 0 Å². The Balaban J connectivity index is 2.48. The van der Waals surface area contributed by atoms with Crippen LogP contribution in [0.1, 0.15) is 55.4 Å². The molecule has 1 unspecified atom stereocenters. The van der Waals surface area contributed by atoms with Gasteiger partial charge in [-0.3, -0.25) is 0 Å². The predicted octanol–water partition coefficient (Wildman–Crippen LogP) is 4.91. The molecule has 0 aromatic heterocycles. The number of rotatable bonds is 7. The highest BCUT2D eigenvalue weighted by Gasteiger charge is 2.50. The number of benzene rings is 2. The van der Waals surface area contributed by atoms with Crippen LogP contribution in [0, 0.1) is 4.78 Å². The van der Waals surface area contributed by atoms with E-state index in [4.69, 9.17) is 9.52 Å². The first-order valence-electron chi connectivity index (χ1n) is 11.4. The molecule has 0 spiro atoms. The van der Waals surface area contributed by atoms with Gasteiger partial charge in [0.05, 0.1) is 5.54 Å². The van der Waals surface area contributed by atoms with Gasteiger partial charge in [-0.15, -0.1) is 0 Å². The summed E-state index contributed by atoms with van der Waals surface area (Å²) in [6.45, 7) is 15.3. The van der Waals surface area contributed by atoms with Crippen molar-refractivity contribution in [3.63, 3.8) is 0 Å². The Kier molecular flexibility index (Phi) is 8.23. The predicted molar refractivity (Wildman–Crippen MR) is 144 cm³/mol. The molecule has 0 aliphatic heterocycles. The zero-order chi connectivity index (χ0) is 25.8. The summed E-state index contributed by atoms with van der Waals surface area (Å²) in [5, 5.41) is 5.92. The number of amides is 1. The molecule has 6 nitrogen and oxygen atoms in total. The Bertz CT molecular complexity index is 1060. The summed E-state index contributed by atoms with van der Waals surface area (Å²) in [5.74, 6) is 0. The van der Waals surface area contributed by atoms with Gasteiger partial charge in [0, 0.05) is 5.41 Å². The lowest BCUT2D eigenvalue weighted by atomic mass is 10.1. The van der Waals surface area contributed by atoms with E-state index in [0.29, 0.717) is 0 Å². The van der Waals surface area contributed by atoms with Crippen LogP contribution in [0.3, 0.4) is 0 Å². The number of carbonyl (C=O) groups is 1. The maximum absolute atomic E-state index is 13.7. The maximum atomic E-state index is 13.7. The van der Waals surface area contributed by atoms with Crippen LogP contribution in [-0.2, 0) is 14.7 Å². The number of ether oxygens (including phenoxy) is 1. The molecule has 1 atom stereocenters. The summed E-state index contributed by atoms with van der Waals surface area (Å²) >= 11 is 0. The van der Waals surface area contributed by atoms with Crippen molar-refractivity contribution in [2.75, 3.05) is 0 Å². The first kappa shape index (κ1) is 27.8. The van der Waals surface area contributed by atoms with Gasteiger partial charge in [0.15, 0.2) is 0 Å². The quantitative estimate of drug-likeness (QED) is 0.471. The third kappa shape index (κ3) is 7.29. The Morgan fingerprint density at radius 2 is 1.32 bits per heavy atom. The third-order valence-electron chi connectivity index (χ3n) is 5.34. The molecule has 186 valence electrons. The average molecular weight is 502 g/mol. The second-order valence-electron chi connectivity index (χ2n) is 11.1. The van der Waals surface area contributed by atoms with E-state index in [-0.39, 0.29) is 5.04 Å². The molecule has 1 amide bonds. The average Bonchev–Trinajstić information content (AvgIpc) is 2.69. The van der Waals surface area contributed by atoms with Crippen LogP contribution in [0.4, 0.5) is 4.79 Å². The monoisotopic (exact) mass is 501 g/mol. The summed E-state index contributed by atoms with van der Waals surface area (Å²) in [4.78, 5) is 12.2. The van der Waals surface area contributed by atoms with Gasteiger partial charge in [-0.25, -0.2) is 18.2 Å². The van der Waals surface area contributed by atoms with E-state index in [9.17, 15) is 9.00 Å². The fraction of sp³-hybridized carbons (Fsp3) is 0.423. The van der Waals surface area contributed by atoms with Gasteiger partial charge in [-0.2, -0.15) is 0 Å². The van der Waals surface area contributed by atoms with Crippen molar-refractivity contribution in [3.05, 3.63) is 72.1 Å². The zero-order valence-corrected chi connectivity index (χ0v) is 23.4. The molecule has 34 heavy (non-hydrogen) atoms.